The predicted octanol–water partition coefficient (Wildman–Crippen LogP) is -4.21. The molecule has 0 aliphatic carbocycles. The summed E-state index contributed by atoms with van der Waals surface area (Å²) in [5, 5.41) is 17.3. The third-order valence-corrected chi connectivity index (χ3v) is 5.26. The Balaban J connectivity index is -0.000000187. The first-order valence-corrected chi connectivity index (χ1v) is 10.1. The number of phenols is 1. The number of rotatable bonds is 4. The van der Waals surface area contributed by atoms with Crippen molar-refractivity contribution in [2.24, 2.45) is 10.2 Å². The Morgan fingerprint density at radius 2 is 1.17 bits per heavy atom. The Hall–Kier alpha value is -1.61. The van der Waals surface area contributed by atoms with Gasteiger partial charge in [0.15, 0.2) is 0 Å². The van der Waals surface area contributed by atoms with E-state index in [1.807, 2.05) is 0 Å². The van der Waals surface area contributed by atoms with Crippen molar-refractivity contribution in [2.45, 2.75) is 9.79 Å². The van der Waals surface area contributed by atoms with Gasteiger partial charge in [0.1, 0.15) is 31.7 Å². The molecule has 20 heteroatoms. The molecule has 3 aromatic rings. The van der Waals surface area contributed by atoms with Gasteiger partial charge in [-0.25, -0.2) is 16.8 Å². The van der Waals surface area contributed by atoms with Gasteiger partial charge in [0, 0.05) is 5.39 Å². The van der Waals surface area contributed by atoms with E-state index in [0.29, 0.717) is 11.8 Å². The molecule has 3 rings (SSSR count). The number of phenolic OH excluding ortho intramolecular Hbond substituents is 1. The van der Waals surface area contributed by atoms with Crippen LogP contribution in [0.15, 0.2) is 74.6 Å². The van der Waals surface area contributed by atoms with E-state index in [0.717, 1.165) is 18.2 Å². The number of benzene rings is 3. The van der Waals surface area contributed by atoms with Crippen molar-refractivity contribution in [3.05, 3.63) is 54.6 Å². The van der Waals surface area contributed by atoms with Crippen LogP contribution < -0.4 is 0 Å². The minimum absolute atomic E-state index is 0. The molecule has 0 heterocycles. The molecule has 0 fully saturated rings. The van der Waals surface area contributed by atoms with Crippen molar-refractivity contribution < 1.29 is 74.9 Å². The van der Waals surface area contributed by atoms with Crippen LogP contribution in [0.1, 0.15) is 0 Å². The molecule has 0 unspecified atom stereocenters. The van der Waals surface area contributed by atoms with Gasteiger partial charge in [-0.3, -0.25) is 0 Å². The zero-order valence-electron chi connectivity index (χ0n) is 18.0. The molecule has 204 valence electrons. The summed E-state index contributed by atoms with van der Waals surface area (Å²) in [7, 11) is -10.2. The molecule has 0 aromatic heterocycles. The summed E-state index contributed by atoms with van der Waals surface area (Å²) in [5.41, 5.74) is 0.0415. The van der Waals surface area contributed by atoms with E-state index < -0.39 is 35.8 Å². The van der Waals surface area contributed by atoms with Gasteiger partial charge in [0.05, 0.1) is 15.5 Å². The van der Waals surface area contributed by atoms with Crippen LogP contribution in [-0.4, -0.2) is 124 Å². The second-order valence-electron chi connectivity index (χ2n) is 5.40. The Kier molecular flexibility index (Phi) is 27.7. The second kappa shape index (κ2) is 19.5. The molecule has 0 saturated heterocycles. The van der Waals surface area contributed by atoms with Crippen molar-refractivity contribution >= 4 is 91.3 Å². The Morgan fingerprint density at radius 1 is 0.667 bits per heavy atom. The van der Waals surface area contributed by atoms with Crippen LogP contribution in [0.4, 0.5) is 11.4 Å². The van der Waals surface area contributed by atoms with Crippen LogP contribution in [-0.2, 0) is 20.2 Å². The van der Waals surface area contributed by atoms with Gasteiger partial charge < -0.3 is 58.0 Å². The maximum atomic E-state index is 11.7. The van der Waals surface area contributed by atoms with Gasteiger partial charge in [-0.2, -0.15) is 5.11 Å². The van der Waals surface area contributed by atoms with Crippen molar-refractivity contribution in [2.75, 3.05) is 0 Å². The zero-order valence-corrected chi connectivity index (χ0v) is 24.1. The summed E-state index contributed by atoms with van der Waals surface area (Å²) in [4.78, 5) is -1.88. The monoisotopic (exact) mass is 688 g/mol. The fraction of sp³-hybridized carbons (Fsp3) is 0. The Morgan fingerprint density at radius 3 is 1.61 bits per heavy atom. The second-order valence-corrected chi connectivity index (χ2v) is 8.12. The zero-order chi connectivity index (χ0) is 19.8. The van der Waals surface area contributed by atoms with Gasteiger partial charge in [-0.15, -0.1) is 5.11 Å². The maximum Gasteiger partial charge on any atom is 2.00 e. The molecular formula is C16H26BaN2O15S2. The molecule has 17 nitrogen and oxygen atoms in total. The molecular weight excluding hydrogens is 662 g/mol. The van der Waals surface area contributed by atoms with Crippen LogP contribution in [0.5, 0.6) is 5.75 Å². The quantitative estimate of drug-likeness (QED) is 0.160. The van der Waals surface area contributed by atoms with Crippen LogP contribution in [0.25, 0.3) is 10.8 Å². The van der Waals surface area contributed by atoms with E-state index in [2.05, 4.69) is 10.2 Å². The average molecular weight is 688 g/mol. The fourth-order valence-corrected chi connectivity index (χ4v) is 3.76. The molecule has 0 saturated carbocycles. The first-order chi connectivity index (χ1) is 12.6. The number of azo groups is 1. The SMILES string of the molecule is O.O.O.O.O.O.O.O.O=S(=O)([O-])c1cc(S(=O)(=O)[O-])c2c(N=Nc3ccccc3)c(O)ccc2c1.[Ba+2]. The summed E-state index contributed by atoms with van der Waals surface area (Å²) >= 11 is 0. The topological polar surface area (TPSA) is 411 Å². The molecule has 3 aromatic carbocycles. The number of nitrogens with zero attached hydrogens (tertiary/aromatic N) is 2. The molecule has 36 heavy (non-hydrogen) atoms. The average Bonchev–Trinajstić information content (AvgIpc) is 2.59. The van der Waals surface area contributed by atoms with Gasteiger partial charge in [0.25, 0.3) is 0 Å². The molecule has 0 amide bonds. The Labute approximate surface area is 244 Å². The Bertz CT molecular complexity index is 1290. The first kappa shape index (κ1) is 51.1. The summed E-state index contributed by atoms with van der Waals surface area (Å²) < 4.78 is 68.8. The van der Waals surface area contributed by atoms with Crippen LogP contribution in [0.3, 0.4) is 0 Å². The minimum Gasteiger partial charge on any atom is -0.744 e. The molecule has 0 spiro atoms. The van der Waals surface area contributed by atoms with Gasteiger partial charge in [-0.05, 0) is 35.7 Å². The number of hydrogen-bond donors (Lipinski definition) is 1. The van der Waals surface area contributed by atoms with Crippen molar-refractivity contribution in [1.29, 1.82) is 0 Å². The largest absolute Gasteiger partial charge is 2.00 e. The number of fused-ring (bicyclic) bond motifs is 1. The molecule has 17 N–H and O–H groups in total. The van der Waals surface area contributed by atoms with E-state index in [1.165, 1.54) is 0 Å². The minimum atomic E-state index is -5.20. The van der Waals surface area contributed by atoms with Gasteiger partial charge in [0.2, 0.25) is 0 Å². The molecule has 0 bridgehead atoms. The van der Waals surface area contributed by atoms with Crippen molar-refractivity contribution in [3.8, 4) is 5.75 Å². The third kappa shape index (κ3) is 11.6. The molecule has 0 radical (unpaired) electrons. The van der Waals surface area contributed by atoms with Crippen LogP contribution in [0, 0.1) is 0 Å². The van der Waals surface area contributed by atoms with Gasteiger partial charge in [-0.1, -0.05) is 24.3 Å². The predicted molar refractivity (Wildman–Crippen MR) is 127 cm³/mol. The normalized spacial score (nSPS) is 9.50. The van der Waals surface area contributed by atoms with Crippen LogP contribution >= 0.6 is 0 Å². The molecule has 0 aliphatic heterocycles. The standard InChI is InChI=1S/C16H12N2O7S2.Ba.8H2O/c19-13-7-6-10-8-12(26(20,21)22)9-14(27(23,24)25)15(10)16(13)18-17-11-4-2-1-3-5-11;;;;;;;;;/h1-9,19H,(H,20,21,22)(H,23,24,25);;8*1H2/q;+2;;;;;;;;/p-2. The van der Waals surface area contributed by atoms with E-state index >= 15 is 0 Å². The van der Waals surface area contributed by atoms with Crippen molar-refractivity contribution in [3.63, 3.8) is 0 Å². The smallest absolute Gasteiger partial charge is 0.744 e. The number of aromatic hydroxyl groups is 1. The summed E-state index contributed by atoms with van der Waals surface area (Å²) in [6.07, 6.45) is 0. The molecule has 0 atom stereocenters. The van der Waals surface area contributed by atoms with Gasteiger partial charge >= 0.3 is 48.9 Å². The van der Waals surface area contributed by atoms with E-state index in [-0.39, 0.29) is 109 Å². The van der Waals surface area contributed by atoms with Crippen molar-refractivity contribution in [1.82, 2.24) is 0 Å². The number of hydrogen-bond acceptors (Lipinski definition) is 9. The van der Waals surface area contributed by atoms with E-state index in [4.69, 9.17) is 0 Å². The van der Waals surface area contributed by atoms with Crippen LogP contribution in [0.2, 0.25) is 0 Å². The van der Waals surface area contributed by atoms with E-state index in [9.17, 15) is 31.0 Å². The maximum absolute atomic E-state index is 11.7. The third-order valence-electron chi connectivity index (χ3n) is 3.59. The molecule has 0 aliphatic rings. The summed E-state index contributed by atoms with van der Waals surface area (Å²) in [6.45, 7) is 0. The fourth-order valence-electron chi connectivity index (χ4n) is 2.42. The van der Waals surface area contributed by atoms with E-state index in [1.54, 1.807) is 30.3 Å². The summed E-state index contributed by atoms with van der Waals surface area (Å²) in [5.74, 6) is -0.482. The first-order valence-electron chi connectivity index (χ1n) is 7.26. The summed E-state index contributed by atoms with van der Waals surface area (Å²) in [6, 6.07) is 11.9.